The summed E-state index contributed by atoms with van der Waals surface area (Å²) in [7, 11) is 1.76. The van der Waals surface area contributed by atoms with E-state index < -0.39 is 5.60 Å². The van der Waals surface area contributed by atoms with Gasteiger partial charge in [0.15, 0.2) is 0 Å². The maximum atomic E-state index is 13.6. The number of aromatic nitrogens is 3. The van der Waals surface area contributed by atoms with Gasteiger partial charge in [-0.1, -0.05) is 12.1 Å². The van der Waals surface area contributed by atoms with E-state index in [1.54, 1.807) is 48.6 Å². The van der Waals surface area contributed by atoms with Crippen LogP contribution >= 0.6 is 0 Å². The Kier molecular flexibility index (Phi) is 5.50. The number of nitrogens with zero attached hydrogens (tertiary/aromatic N) is 5. The summed E-state index contributed by atoms with van der Waals surface area (Å²) in [4.78, 5) is 43.6. The molecule has 1 saturated carbocycles. The second kappa shape index (κ2) is 8.88. The van der Waals surface area contributed by atoms with E-state index in [4.69, 9.17) is 19.4 Å². The van der Waals surface area contributed by atoms with Gasteiger partial charge in [0, 0.05) is 54.9 Å². The molecule has 206 valence electrons. The summed E-state index contributed by atoms with van der Waals surface area (Å²) in [6.07, 6.45) is 6.02. The third-order valence-electron chi connectivity index (χ3n) is 8.41. The van der Waals surface area contributed by atoms with E-state index in [2.05, 4.69) is 20.5 Å². The van der Waals surface area contributed by atoms with Gasteiger partial charge in [-0.05, 0) is 51.0 Å². The number of pyridine rings is 1. The maximum absolute atomic E-state index is 13.6. The summed E-state index contributed by atoms with van der Waals surface area (Å²) in [5.74, 6) is 0.642. The largest absolute Gasteiger partial charge is 0.469 e. The van der Waals surface area contributed by atoms with Crippen molar-refractivity contribution >= 4 is 29.3 Å². The molecule has 2 aromatic heterocycles. The zero-order valence-corrected chi connectivity index (χ0v) is 22.7. The van der Waals surface area contributed by atoms with E-state index in [-0.39, 0.29) is 23.5 Å². The summed E-state index contributed by atoms with van der Waals surface area (Å²) in [5.41, 5.74) is 2.38. The smallest absolute Gasteiger partial charge is 0.323 e. The van der Waals surface area contributed by atoms with Gasteiger partial charge in [0.25, 0.3) is 5.91 Å². The van der Waals surface area contributed by atoms with Crippen LogP contribution in [0.25, 0.3) is 11.3 Å². The molecular formula is C29H31N7O4. The molecular weight excluding hydrogens is 510 g/mol. The minimum absolute atomic E-state index is 0.191. The summed E-state index contributed by atoms with van der Waals surface area (Å²) >= 11 is 0. The van der Waals surface area contributed by atoms with Gasteiger partial charge in [-0.25, -0.2) is 9.78 Å². The lowest BCUT2D eigenvalue weighted by Crippen LogP contribution is -2.65. The number of likely N-dealkylation sites (N-methyl/N-ethyl adjacent to an activating group) is 1. The first-order valence-corrected chi connectivity index (χ1v) is 13.6. The number of rotatable bonds is 4. The minimum Gasteiger partial charge on any atom is -0.469 e. The number of benzene rings is 1. The quantitative estimate of drug-likeness (QED) is 0.512. The Hall–Kier alpha value is -4.25. The predicted octanol–water partition coefficient (Wildman–Crippen LogP) is 3.79. The highest BCUT2D eigenvalue weighted by Crippen LogP contribution is 2.59. The van der Waals surface area contributed by atoms with E-state index in [9.17, 15) is 9.59 Å². The number of fused-ring (bicyclic) bond motifs is 1. The molecule has 3 aromatic rings. The fourth-order valence-corrected chi connectivity index (χ4v) is 6.36. The van der Waals surface area contributed by atoms with Crippen molar-refractivity contribution in [3.8, 4) is 17.1 Å². The summed E-state index contributed by atoms with van der Waals surface area (Å²) in [5, 5.41) is 5.60. The first-order chi connectivity index (χ1) is 19.2. The number of amides is 3. The van der Waals surface area contributed by atoms with Crippen LogP contribution in [0.3, 0.4) is 0 Å². The molecule has 2 saturated heterocycles. The lowest BCUT2D eigenvalue weighted by molar-refractivity contribution is -0.279. The van der Waals surface area contributed by atoms with Crippen LogP contribution in [0, 0.1) is 5.41 Å². The standard InChI is InChI=1S/C29H31N7O4/c1-28(2)15-35(3)25(37)22-23(17-4-6-18(7-5-17)31-27(38)32-19-9-12-30-13-10-19)33-26(34-24(22)40-28)36-14-21-29(16-36)11-8-20(29)39-21/h4-7,9-10,12-13,20-21H,8,11,14-16H2,1-3H3,(H2,30,31,32,38). The molecule has 11 nitrogen and oxygen atoms in total. The first kappa shape index (κ1) is 24.8. The van der Waals surface area contributed by atoms with E-state index in [1.807, 2.05) is 26.0 Å². The van der Waals surface area contributed by atoms with Crippen LogP contribution in [0.2, 0.25) is 0 Å². The van der Waals surface area contributed by atoms with Crippen LogP contribution in [0.1, 0.15) is 37.0 Å². The molecule has 7 rings (SSSR count). The van der Waals surface area contributed by atoms with Crippen molar-refractivity contribution in [3.05, 3.63) is 54.4 Å². The SMILES string of the molecule is CN1CC(C)(C)Oc2nc(N3CC4OC5CCC54C3)nc(-c3ccc(NC(=O)Nc4ccncc4)cc3)c2C1=O. The molecule has 1 aliphatic carbocycles. The molecule has 11 heteroatoms. The second-order valence-electron chi connectivity index (χ2n) is 11.7. The summed E-state index contributed by atoms with van der Waals surface area (Å²) in [6.45, 7) is 5.88. The van der Waals surface area contributed by atoms with Crippen molar-refractivity contribution in [3.63, 3.8) is 0 Å². The van der Waals surface area contributed by atoms with Crippen molar-refractivity contribution < 1.29 is 19.1 Å². The fraction of sp³-hybridized carbons (Fsp3) is 0.414. The highest BCUT2D eigenvalue weighted by molar-refractivity contribution is 6.03. The molecule has 40 heavy (non-hydrogen) atoms. The van der Waals surface area contributed by atoms with E-state index in [0.29, 0.717) is 47.1 Å². The van der Waals surface area contributed by atoms with Crippen LogP contribution in [-0.2, 0) is 4.74 Å². The van der Waals surface area contributed by atoms with E-state index >= 15 is 0 Å². The first-order valence-electron chi connectivity index (χ1n) is 13.6. The van der Waals surface area contributed by atoms with Gasteiger partial charge in [0.1, 0.15) is 11.2 Å². The molecule has 3 atom stereocenters. The maximum Gasteiger partial charge on any atom is 0.323 e. The summed E-state index contributed by atoms with van der Waals surface area (Å²) < 4.78 is 12.4. The number of nitrogens with one attached hydrogen (secondary N) is 2. The molecule has 3 amide bonds. The van der Waals surface area contributed by atoms with Crippen molar-refractivity contribution in [2.75, 3.05) is 42.2 Å². The normalized spacial score (nSPS) is 25.8. The highest BCUT2D eigenvalue weighted by atomic mass is 16.5. The number of carbonyl (C=O) groups excluding carboxylic acids is 2. The Morgan fingerprint density at radius 1 is 1.00 bits per heavy atom. The van der Waals surface area contributed by atoms with Crippen LogP contribution < -0.4 is 20.3 Å². The molecule has 3 fully saturated rings. The van der Waals surface area contributed by atoms with Gasteiger partial charge in [-0.3, -0.25) is 9.78 Å². The molecule has 3 unspecified atom stereocenters. The molecule has 4 aliphatic rings. The molecule has 3 aliphatic heterocycles. The van der Waals surface area contributed by atoms with Gasteiger partial charge < -0.3 is 29.9 Å². The zero-order valence-electron chi connectivity index (χ0n) is 22.7. The lowest BCUT2D eigenvalue weighted by Gasteiger charge is -2.59. The van der Waals surface area contributed by atoms with Gasteiger partial charge in [-0.2, -0.15) is 4.98 Å². The number of anilines is 3. The van der Waals surface area contributed by atoms with Crippen molar-refractivity contribution in [1.82, 2.24) is 19.9 Å². The molecule has 5 heterocycles. The Labute approximate surface area is 231 Å². The second-order valence-corrected chi connectivity index (χ2v) is 11.7. The van der Waals surface area contributed by atoms with Crippen molar-refractivity contribution in [1.29, 1.82) is 0 Å². The van der Waals surface area contributed by atoms with Gasteiger partial charge in [-0.15, -0.1) is 0 Å². The minimum atomic E-state index is -0.626. The predicted molar refractivity (Wildman–Crippen MR) is 149 cm³/mol. The van der Waals surface area contributed by atoms with Crippen LogP contribution in [0.15, 0.2) is 48.8 Å². The van der Waals surface area contributed by atoms with Crippen molar-refractivity contribution in [2.24, 2.45) is 5.41 Å². The topological polar surface area (TPSA) is 122 Å². The third kappa shape index (κ3) is 4.03. The Bertz CT molecular complexity index is 1500. The van der Waals surface area contributed by atoms with E-state index in [0.717, 1.165) is 31.5 Å². The fourth-order valence-electron chi connectivity index (χ4n) is 6.36. The Balaban J connectivity index is 1.22. The molecule has 2 N–H and O–H groups in total. The van der Waals surface area contributed by atoms with E-state index in [1.165, 1.54) is 0 Å². The number of ether oxygens (including phenoxy) is 2. The number of carbonyl (C=O) groups is 2. The average molecular weight is 542 g/mol. The highest BCUT2D eigenvalue weighted by Gasteiger charge is 2.66. The monoisotopic (exact) mass is 541 g/mol. The molecule has 0 bridgehead atoms. The number of urea groups is 1. The van der Waals surface area contributed by atoms with Gasteiger partial charge in [0.2, 0.25) is 11.8 Å². The third-order valence-corrected chi connectivity index (χ3v) is 8.41. The Morgan fingerprint density at radius 3 is 2.38 bits per heavy atom. The number of hydrogen-bond donors (Lipinski definition) is 2. The van der Waals surface area contributed by atoms with Crippen LogP contribution in [0.5, 0.6) is 5.88 Å². The summed E-state index contributed by atoms with van der Waals surface area (Å²) in [6, 6.07) is 10.3. The molecule has 1 aromatic carbocycles. The Morgan fingerprint density at radius 2 is 1.73 bits per heavy atom. The molecule has 0 radical (unpaired) electrons. The lowest BCUT2D eigenvalue weighted by atomic mass is 9.60. The number of hydrogen-bond acceptors (Lipinski definition) is 8. The average Bonchev–Trinajstić information content (AvgIpc) is 3.25. The molecule has 1 spiro atoms. The van der Waals surface area contributed by atoms with Crippen LogP contribution in [-0.4, -0.2) is 76.3 Å². The zero-order chi connectivity index (χ0) is 27.6. The van der Waals surface area contributed by atoms with Gasteiger partial charge >= 0.3 is 6.03 Å². The van der Waals surface area contributed by atoms with Crippen molar-refractivity contribution in [2.45, 2.75) is 44.5 Å². The van der Waals surface area contributed by atoms with Crippen LogP contribution in [0.4, 0.5) is 22.1 Å². The van der Waals surface area contributed by atoms with Gasteiger partial charge in [0.05, 0.1) is 24.4 Å².